The van der Waals surface area contributed by atoms with Crippen LogP contribution in [0.1, 0.15) is 63.4 Å². The van der Waals surface area contributed by atoms with Gasteiger partial charge in [0.15, 0.2) is 5.76 Å². The summed E-state index contributed by atoms with van der Waals surface area (Å²) in [6.45, 7) is 12.1. The summed E-state index contributed by atoms with van der Waals surface area (Å²) in [5.41, 5.74) is 1.17. The molecule has 0 N–H and O–H groups in total. The molecule has 0 radical (unpaired) electrons. The molecule has 0 aromatic carbocycles. The number of piperidine rings is 1. The SMILES string of the molecule is C=COC(=C)C(=O)N(c1ccc(C)cn1)C1CCN(CCC2(CC(=O)N(C)C)CCCCC2)CC1. The van der Waals surface area contributed by atoms with Crippen LogP contribution in [0.3, 0.4) is 0 Å². The first kappa shape index (κ1) is 26.9. The molecule has 1 aliphatic heterocycles. The van der Waals surface area contributed by atoms with Crippen molar-refractivity contribution in [2.45, 2.75) is 70.8 Å². The van der Waals surface area contributed by atoms with E-state index in [-0.39, 0.29) is 29.0 Å². The number of rotatable bonds is 10. The van der Waals surface area contributed by atoms with E-state index in [1.54, 1.807) is 16.0 Å². The molecular weight excluding hydrogens is 440 g/mol. The Morgan fingerprint density at radius 2 is 1.89 bits per heavy atom. The maximum absolute atomic E-state index is 13.2. The van der Waals surface area contributed by atoms with Gasteiger partial charge in [-0.05, 0) is 62.6 Å². The summed E-state index contributed by atoms with van der Waals surface area (Å²) >= 11 is 0. The van der Waals surface area contributed by atoms with Gasteiger partial charge < -0.3 is 14.5 Å². The molecule has 7 heteroatoms. The summed E-state index contributed by atoms with van der Waals surface area (Å²) in [5.74, 6) is 0.640. The summed E-state index contributed by atoms with van der Waals surface area (Å²) in [6.07, 6.45) is 12.4. The quantitative estimate of drug-likeness (QED) is 0.358. The Hall–Kier alpha value is -2.67. The van der Waals surface area contributed by atoms with Crippen LogP contribution >= 0.6 is 0 Å². The van der Waals surface area contributed by atoms with Gasteiger partial charge in [-0.1, -0.05) is 38.5 Å². The summed E-state index contributed by atoms with van der Waals surface area (Å²) in [6, 6.07) is 3.88. The Labute approximate surface area is 210 Å². The smallest absolute Gasteiger partial charge is 0.294 e. The van der Waals surface area contributed by atoms with E-state index in [1.165, 1.54) is 25.5 Å². The average molecular weight is 483 g/mol. The molecule has 0 bridgehead atoms. The van der Waals surface area contributed by atoms with Gasteiger partial charge in [0.25, 0.3) is 5.91 Å². The lowest BCUT2D eigenvalue weighted by Crippen LogP contribution is -2.49. The van der Waals surface area contributed by atoms with Crippen molar-refractivity contribution in [3.63, 3.8) is 0 Å². The van der Waals surface area contributed by atoms with Crippen molar-refractivity contribution in [2.24, 2.45) is 5.41 Å². The van der Waals surface area contributed by atoms with Crippen molar-refractivity contribution in [1.29, 1.82) is 0 Å². The van der Waals surface area contributed by atoms with E-state index in [0.717, 1.165) is 57.3 Å². The molecule has 0 unspecified atom stereocenters. The third kappa shape index (κ3) is 7.17. The summed E-state index contributed by atoms with van der Waals surface area (Å²) < 4.78 is 5.22. The van der Waals surface area contributed by atoms with Crippen LogP contribution in [0.2, 0.25) is 0 Å². The van der Waals surface area contributed by atoms with Gasteiger partial charge >= 0.3 is 0 Å². The minimum Gasteiger partial charge on any atom is -0.460 e. The molecule has 1 aromatic rings. The number of hydrogen-bond donors (Lipinski definition) is 0. The standard InChI is InChI=1S/C28H42N4O3/c1-6-35-23(3)27(34)32(25-11-10-22(2)21-29-25)24-12-17-31(18-13-24)19-16-28(14-8-7-9-15-28)20-26(33)30(4)5/h6,10-11,21,24H,1,3,7-9,12-20H2,2,4-5H3. The fourth-order valence-corrected chi connectivity index (χ4v) is 5.44. The lowest BCUT2D eigenvalue weighted by atomic mass is 9.69. The normalized spacial score (nSPS) is 18.5. The van der Waals surface area contributed by atoms with E-state index in [4.69, 9.17) is 4.74 Å². The Bertz CT molecular complexity index is 882. The van der Waals surface area contributed by atoms with Crippen LogP contribution in [-0.4, -0.2) is 66.4 Å². The van der Waals surface area contributed by atoms with Crippen molar-refractivity contribution in [1.82, 2.24) is 14.8 Å². The zero-order chi connectivity index (χ0) is 25.4. The molecule has 2 heterocycles. The minimum atomic E-state index is -0.275. The number of pyridine rings is 1. The lowest BCUT2D eigenvalue weighted by Gasteiger charge is -2.41. The predicted octanol–water partition coefficient (Wildman–Crippen LogP) is 4.68. The van der Waals surface area contributed by atoms with Crippen molar-refractivity contribution in [2.75, 3.05) is 38.6 Å². The van der Waals surface area contributed by atoms with Crippen LogP contribution in [-0.2, 0) is 14.3 Å². The van der Waals surface area contributed by atoms with Gasteiger partial charge in [0.2, 0.25) is 5.91 Å². The maximum atomic E-state index is 13.2. The lowest BCUT2D eigenvalue weighted by molar-refractivity contribution is -0.132. The highest BCUT2D eigenvalue weighted by atomic mass is 16.5. The fraction of sp³-hybridized carbons (Fsp3) is 0.607. The van der Waals surface area contributed by atoms with Gasteiger partial charge in [-0.2, -0.15) is 0 Å². The molecule has 1 saturated carbocycles. The predicted molar refractivity (Wildman–Crippen MR) is 140 cm³/mol. The molecule has 2 amide bonds. The number of ether oxygens (including phenoxy) is 1. The second-order valence-electron chi connectivity index (χ2n) is 10.4. The van der Waals surface area contributed by atoms with Gasteiger partial charge in [-0.25, -0.2) is 4.98 Å². The molecule has 1 aromatic heterocycles. The van der Waals surface area contributed by atoms with E-state index >= 15 is 0 Å². The van der Waals surface area contributed by atoms with Gasteiger partial charge in [-0.3, -0.25) is 14.5 Å². The first-order chi connectivity index (χ1) is 16.7. The number of aryl methyl sites for hydroxylation is 1. The van der Waals surface area contributed by atoms with Crippen molar-refractivity contribution < 1.29 is 14.3 Å². The molecule has 35 heavy (non-hydrogen) atoms. The molecule has 1 saturated heterocycles. The molecule has 0 spiro atoms. The highest BCUT2D eigenvalue weighted by Gasteiger charge is 2.36. The average Bonchev–Trinajstić information content (AvgIpc) is 2.85. The van der Waals surface area contributed by atoms with Crippen LogP contribution in [0.4, 0.5) is 5.82 Å². The third-order valence-electron chi connectivity index (χ3n) is 7.65. The third-order valence-corrected chi connectivity index (χ3v) is 7.65. The van der Waals surface area contributed by atoms with E-state index < -0.39 is 0 Å². The first-order valence-electron chi connectivity index (χ1n) is 12.9. The molecule has 192 valence electrons. The molecular formula is C28H42N4O3. The van der Waals surface area contributed by atoms with Gasteiger partial charge in [-0.15, -0.1) is 0 Å². The molecule has 7 nitrogen and oxygen atoms in total. The van der Waals surface area contributed by atoms with E-state index in [0.29, 0.717) is 12.2 Å². The van der Waals surface area contributed by atoms with Crippen LogP contribution in [0.15, 0.2) is 43.5 Å². The van der Waals surface area contributed by atoms with Gasteiger partial charge in [0.05, 0.1) is 6.26 Å². The van der Waals surface area contributed by atoms with E-state index in [9.17, 15) is 9.59 Å². The number of anilines is 1. The zero-order valence-electron chi connectivity index (χ0n) is 21.8. The largest absolute Gasteiger partial charge is 0.460 e. The Morgan fingerprint density at radius 1 is 1.20 bits per heavy atom. The second-order valence-corrected chi connectivity index (χ2v) is 10.4. The molecule has 3 rings (SSSR count). The van der Waals surface area contributed by atoms with Crippen molar-refractivity contribution >= 4 is 17.6 Å². The number of carbonyl (C=O) groups is 2. The number of amides is 2. The maximum Gasteiger partial charge on any atom is 0.294 e. The van der Waals surface area contributed by atoms with E-state index in [1.807, 2.05) is 33.2 Å². The highest BCUT2D eigenvalue weighted by molar-refractivity contribution is 6.03. The summed E-state index contributed by atoms with van der Waals surface area (Å²) in [4.78, 5) is 36.2. The van der Waals surface area contributed by atoms with Crippen LogP contribution in [0, 0.1) is 12.3 Å². The van der Waals surface area contributed by atoms with Crippen LogP contribution < -0.4 is 4.90 Å². The minimum absolute atomic E-state index is 0.0260. The van der Waals surface area contributed by atoms with Crippen molar-refractivity contribution in [3.05, 3.63) is 49.1 Å². The number of likely N-dealkylation sites (tertiary alicyclic amines) is 1. The summed E-state index contributed by atoms with van der Waals surface area (Å²) in [7, 11) is 3.71. The topological polar surface area (TPSA) is 66.0 Å². The van der Waals surface area contributed by atoms with Crippen LogP contribution in [0.25, 0.3) is 0 Å². The highest BCUT2D eigenvalue weighted by Crippen LogP contribution is 2.43. The molecule has 1 aliphatic carbocycles. The second kappa shape index (κ2) is 12.3. The fourth-order valence-electron chi connectivity index (χ4n) is 5.44. The van der Waals surface area contributed by atoms with Crippen molar-refractivity contribution in [3.8, 4) is 0 Å². The number of nitrogens with zero attached hydrogens (tertiary/aromatic N) is 4. The van der Waals surface area contributed by atoms with E-state index in [2.05, 4.69) is 23.0 Å². The molecule has 2 aliphatic rings. The van der Waals surface area contributed by atoms with Gasteiger partial charge in [0, 0.05) is 45.8 Å². The van der Waals surface area contributed by atoms with Gasteiger partial charge in [0.1, 0.15) is 5.82 Å². The summed E-state index contributed by atoms with van der Waals surface area (Å²) in [5, 5.41) is 0. The molecule has 2 fully saturated rings. The molecule has 0 atom stereocenters. The number of aromatic nitrogens is 1. The van der Waals surface area contributed by atoms with Crippen LogP contribution in [0.5, 0.6) is 0 Å². The number of hydrogen-bond acceptors (Lipinski definition) is 5. The Kier molecular flexibility index (Phi) is 9.49. The Balaban J connectivity index is 1.64. The zero-order valence-corrected chi connectivity index (χ0v) is 21.8. The first-order valence-corrected chi connectivity index (χ1v) is 12.9. The Morgan fingerprint density at radius 3 is 2.46 bits per heavy atom. The number of carbonyl (C=O) groups excluding carboxylic acids is 2. The monoisotopic (exact) mass is 482 g/mol.